The number of halogens is 2. The highest BCUT2D eigenvalue weighted by Crippen LogP contribution is 2.24. The van der Waals surface area contributed by atoms with Crippen LogP contribution in [0.1, 0.15) is 23.8 Å². The summed E-state index contributed by atoms with van der Waals surface area (Å²) in [5.41, 5.74) is 7.26. The molecule has 0 unspecified atom stereocenters. The summed E-state index contributed by atoms with van der Waals surface area (Å²) in [6.07, 6.45) is 4.22. The number of nitrogens with one attached hydrogen (secondary N) is 1. The standard InChI is InChI=1S/C13H14BrClN4O/c1-2-3-19-7-9(16)5-11(19)13(20)18-10-4-8(14)6-17-12(10)15/h4-7H,2-3,16H2,1H3,(H,18,20). The number of aryl methyl sites for hydroxylation is 1. The number of anilines is 2. The van der Waals surface area contributed by atoms with Crippen LogP contribution in [0.5, 0.6) is 0 Å². The van der Waals surface area contributed by atoms with Gasteiger partial charge in [-0.25, -0.2) is 4.98 Å². The topological polar surface area (TPSA) is 72.9 Å². The van der Waals surface area contributed by atoms with Gasteiger partial charge in [-0.15, -0.1) is 0 Å². The molecule has 1 amide bonds. The molecule has 0 spiro atoms. The molecule has 5 nitrogen and oxygen atoms in total. The molecule has 2 aromatic rings. The number of nitrogens with zero attached hydrogens (tertiary/aromatic N) is 2. The summed E-state index contributed by atoms with van der Waals surface area (Å²) >= 11 is 9.24. The molecular weight excluding hydrogens is 344 g/mol. The molecule has 20 heavy (non-hydrogen) atoms. The molecule has 0 saturated heterocycles. The monoisotopic (exact) mass is 356 g/mol. The molecule has 0 aliphatic carbocycles. The van der Waals surface area contributed by atoms with E-state index in [1.807, 2.05) is 11.5 Å². The maximum absolute atomic E-state index is 12.3. The minimum atomic E-state index is -0.267. The molecule has 0 radical (unpaired) electrons. The van der Waals surface area contributed by atoms with Crippen LogP contribution >= 0.6 is 27.5 Å². The smallest absolute Gasteiger partial charge is 0.272 e. The number of pyridine rings is 1. The van der Waals surface area contributed by atoms with E-state index in [-0.39, 0.29) is 11.1 Å². The molecule has 0 aliphatic heterocycles. The number of carbonyl (C=O) groups excluding carboxylic acids is 1. The first-order valence-electron chi connectivity index (χ1n) is 6.09. The number of nitrogens with two attached hydrogens (primary N) is 1. The quantitative estimate of drug-likeness (QED) is 0.822. The second-order valence-electron chi connectivity index (χ2n) is 4.30. The minimum absolute atomic E-state index is 0.239. The van der Waals surface area contributed by atoms with E-state index in [1.54, 1.807) is 24.5 Å². The second-order valence-corrected chi connectivity index (χ2v) is 5.57. The summed E-state index contributed by atoms with van der Waals surface area (Å²) in [6.45, 7) is 2.76. The summed E-state index contributed by atoms with van der Waals surface area (Å²) in [7, 11) is 0. The number of hydrogen-bond acceptors (Lipinski definition) is 3. The van der Waals surface area contributed by atoms with Crippen LogP contribution in [0.25, 0.3) is 0 Å². The van der Waals surface area contributed by atoms with E-state index in [2.05, 4.69) is 26.2 Å². The van der Waals surface area contributed by atoms with Crippen molar-refractivity contribution in [1.29, 1.82) is 0 Å². The Kier molecular flexibility index (Phi) is 4.67. The van der Waals surface area contributed by atoms with Crippen LogP contribution in [0.15, 0.2) is 29.0 Å². The van der Waals surface area contributed by atoms with E-state index >= 15 is 0 Å². The number of aromatic nitrogens is 2. The zero-order chi connectivity index (χ0) is 14.7. The van der Waals surface area contributed by atoms with E-state index < -0.39 is 0 Å². The average Bonchev–Trinajstić information content (AvgIpc) is 2.75. The fourth-order valence-corrected chi connectivity index (χ4v) is 2.33. The van der Waals surface area contributed by atoms with Gasteiger partial charge in [0.15, 0.2) is 5.15 Å². The number of nitrogen functional groups attached to an aromatic ring is 1. The Hall–Kier alpha value is -1.53. The third-order valence-electron chi connectivity index (χ3n) is 2.67. The molecule has 2 heterocycles. The van der Waals surface area contributed by atoms with Crippen molar-refractivity contribution in [2.24, 2.45) is 0 Å². The molecule has 0 aliphatic rings. The maximum Gasteiger partial charge on any atom is 0.272 e. The molecule has 0 fully saturated rings. The first kappa shape index (κ1) is 14.9. The van der Waals surface area contributed by atoms with Gasteiger partial charge in [0, 0.05) is 23.4 Å². The summed E-state index contributed by atoms with van der Waals surface area (Å²) in [6, 6.07) is 3.34. The molecule has 7 heteroatoms. The highest BCUT2D eigenvalue weighted by Gasteiger charge is 2.14. The molecular formula is C13H14BrClN4O. The van der Waals surface area contributed by atoms with E-state index in [1.165, 1.54) is 0 Å². The zero-order valence-electron chi connectivity index (χ0n) is 10.9. The molecule has 0 bridgehead atoms. The molecule has 3 N–H and O–H groups in total. The number of hydrogen-bond donors (Lipinski definition) is 2. The highest BCUT2D eigenvalue weighted by molar-refractivity contribution is 9.10. The van der Waals surface area contributed by atoms with Crippen LogP contribution in [0.3, 0.4) is 0 Å². The fraction of sp³-hybridized carbons (Fsp3) is 0.231. The lowest BCUT2D eigenvalue weighted by molar-refractivity contribution is 0.101. The van der Waals surface area contributed by atoms with Crippen molar-refractivity contribution in [1.82, 2.24) is 9.55 Å². The van der Waals surface area contributed by atoms with Crippen molar-refractivity contribution in [3.05, 3.63) is 39.8 Å². The van der Waals surface area contributed by atoms with Crippen molar-refractivity contribution < 1.29 is 4.79 Å². The minimum Gasteiger partial charge on any atom is -0.397 e. The lowest BCUT2D eigenvalue weighted by Crippen LogP contribution is -2.17. The van der Waals surface area contributed by atoms with E-state index in [4.69, 9.17) is 17.3 Å². The molecule has 0 saturated carbocycles. The number of amides is 1. The van der Waals surface area contributed by atoms with Crippen LogP contribution in [0.4, 0.5) is 11.4 Å². The van der Waals surface area contributed by atoms with Gasteiger partial charge in [-0.3, -0.25) is 4.79 Å². The number of rotatable bonds is 4. The van der Waals surface area contributed by atoms with Gasteiger partial charge in [0.05, 0.1) is 11.4 Å². The van der Waals surface area contributed by atoms with Gasteiger partial charge in [-0.1, -0.05) is 18.5 Å². The predicted molar refractivity (Wildman–Crippen MR) is 84.0 cm³/mol. The van der Waals surface area contributed by atoms with Crippen molar-refractivity contribution in [2.45, 2.75) is 19.9 Å². The Balaban J connectivity index is 2.26. The fourth-order valence-electron chi connectivity index (χ4n) is 1.85. The van der Waals surface area contributed by atoms with Gasteiger partial charge in [-0.2, -0.15) is 0 Å². The van der Waals surface area contributed by atoms with Crippen molar-refractivity contribution >= 4 is 44.8 Å². The molecule has 2 rings (SSSR count). The van der Waals surface area contributed by atoms with Crippen LogP contribution in [0, 0.1) is 0 Å². The van der Waals surface area contributed by atoms with E-state index in [0.29, 0.717) is 17.1 Å². The molecule has 0 atom stereocenters. The normalized spacial score (nSPS) is 10.6. The maximum atomic E-state index is 12.3. The Labute approximate surface area is 130 Å². The van der Waals surface area contributed by atoms with Crippen LogP contribution < -0.4 is 11.1 Å². The first-order valence-corrected chi connectivity index (χ1v) is 7.26. The van der Waals surface area contributed by atoms with Gasteiger partial charge >= 0.3 is 0 Å². The van der Waals surface area contributed by atoms with Crippen LogP contribution in [-0.2, 0) is 6.54 Å². The predicted octanol–water partition coefficient (Wildman–Crippen LogP) is 3.54. The summed E-state index contributed by atoms with van der Waals surface area (Å²) in [5, 5.41) is 2.98. The molecule has 2 aromatic heterocycles. The van der Waals surface area contributed by atoms with Gasteiger partial charge in [0.2, 0.25) is 0 Å². The van der Waals surface area contributed by atoms with Crippen LogP contribution in [-0.4, -0.2) is 15.5 Å². The van der Waals surface area contributed by atoms with Crippen molar-refractivity contribution in [3.63, 3.8) is 0 Å². The molecule has 106 valence electrons. The summed E-state index contributed by atoms with van der Waals surface area (Å²) in [5.74, 6) is -0.267. The van der Waals surface area contributed by atoms with Crippen molar-refractivity contribution in [3.8, 4) is 0 Å². The van der Waals surface area contributed by atoms with Gasteiger partial charge in [0.25, 0.3) is 5.91 Å². The van der Waals surface area contributed by atoms with E-state index in [9.17, 15) is 4.79 Å². The highest BCUT2D eigenvalue weighted by atomic mass is 79.9. The Morgan fingerprint density at radius 2 is 2.30 bits per heavy atom. The zero-order valence-corrected chi connectivity index (χ0v) is 13.2. The molecule has 0 aromatic carbocycles. The third-order valence-corrected chi connectivity index (χ3v) is 3.40. The SMILES string of the molecule is CCCn1cc(N)cc1C(=O)Nc1cc(Br)cnc1Cl. The average molecular weight is 358 g/mol. The Morgan fingerprint density at radius 1 is 1.55 bits per heavy atom. The van der Waals surface area contributed by atoms with Gasteiger partial charge in [-0.05, 0) is 34.5 Å². The Morgan fingerprint density at radius 3 is 3.00 bits per heavy atom. The van der Waals surface area contributed by atoms with Crippen LogP contribution in [0.2, 0.25) is 5.15 Å². The lowest BCUT2D eigenvalue weighted by Gasteiger charge is -2.09. The Bertz CT molecular complexity index is 641. The second kappa shape index (κ2) is 6.28. The van der Waals surface area contributed by atoms with Gasteiger partial charge in [0.1, 0.15) is 5.69 Å². The van der Waals surface area contributed by atoms with Gasteiger partial charge < -0.3 is 15.6 Å². The lowest BCUT2D eigenvalue weighted by atomic mass is 10.3. The summed E-state index contributed by atoms with van der Waals surface area (Å²) in [4.78, 5) is 16.3. The number of carbonyl (C=O) groups is 1. The first-order chi connectivity index (χ1) is 9.51. The van der Waals surface area contributed by atoms with Crippen molar-refractivity contribution in [2.75, 3.05) is 11.1 Å². The largest absolute Gasteiger partial charge is 0.397 e. The summed E-state index contributed by atoms with van der Waals surface area (Å²) < 4.78 is 2.56. The third kappa shape index (κ3) is 3.32. The van der Waals surface area contributed by atoms with E-state index in [0.717, 1.165) is 17.4 Å².